The van der Waals surface area contributed by atoms with Crippen molar-refractivity contribution in [2.75, 3.05) is 0 Å². The molecule has 0 bridgehead atoms. The van der Waals surface area contributed by atoms with Crippen molar-refractivity contribution < 1.29 is 15.4 Å². The van der Waals surface area contributed by atoms with Gasteiger partial charge in [-0.15, -0.1) is 5.16 Å². The molecular weight excluding hydrogens is 170 g/mol. The molecule has 1 rings (SSSR count). The molecule has 1 aromatic carbocycles. The first-order valence-electron chi connectivity index (χ1n) is 3.91. The standard InChI is InChI=1S/C9H11NO3/c11-8-4-1-5-9(12)7(8)3-2-6-10-13/h1,4-6,11-13H,2-3H2/b10-6+. The Kier molecular flexibility index (Phi) is 3.14. The van der Waals surface area contributed by atoms with E-state index in [1.807, 2.05) is 0 Å². The van der Waals surface area contributed by atoms with Gasteiger partial charge in [0.2, 0.25) is 0 Å². The van der Waals surface area contributed by atoms with Crippen molar-refractivity contribution >= 4 is 6.21 Å². The van der Waals surface area contributed by atoms with Crippen LogP contribution in [0.3, 0.4) is 0 Å². The van der Waals surface area contributed by atoms with Gasteiger partial charge < -0.3 is 15.4 Å². The fourth-order valence-corrected chi connectivity index (χ4v) is 1.09. The summed E-state index contributed by atoms with van der Waals surface area (Å²) in [7, 11) is 0. The molecule has 4 heteroatoms. The molecule has 0 spiro atoms. The summed E-state index contributed by atoms with van der Waals surface area (Å²) in [6.45, 7) is 0. The van der Waals surface area contributed by atoms with E-state index < -0.39 is 0 Å². The SMILES string of the molecule is O/N=C/CCc1c(O)cccc1O. The lowest BCUT2D eigenvalue weighted by Gasteiger charge is -2.04. The van der Waals surface area contributed by atoms with Gasteiger partial charge in [-0.3, -0.25) is 0 Å². The van der Waals surface area contributed by atoms with E-state index in [0.717, 1.165) is 0 Å². The summed E-state index contributed by atoms with van der Waals surface area (Å²) in [5.41, 5.74) is 0.474. The zero-order chi connectivity index (χ0) is 9.68. The second-order valence-electron chi connectivity index (χ2n) is 2.61. The summed E-state index contributed by atoms with van der Waals surface area (Å²) < 4.78 is 0. The Morgan fingerprint density at radius 2 is 1.85 bits per heavy atom. The first-order valence-corrected chi connectivity index (χ1v) is 3.91. The van der Waals surface area contributed by atoms with E-state index in [1.54, 1.807) is 6.07 Å². The average Bonchev–Trinajstić information content (AvgIpc) is 2.10. The molecule has 0 heterocycles. The second kappa shape index (κ2) is 4.35. The van der Waals surface area contributed by atoms with E-state index >= 15 is 0 Å². The second-order valence-corrected chi connectivity index (χ2v) is 2.61. The smallest absolute Gasteiger partial charge is 0.122 e. The van der Waals surface area contributed by atoms with Crippen molar-refractivity contribution in [2.24, 2.45) is 5.16 Å². The molecule has 0 aliphatic rings. The van der Waals surface area contributed by atoms with Crippen LogP contribution in [-0.2, 0) is 6.42 Å². The predicted octanol–water partition coefficient (Wildman–Crippen LogP) is 1.49. The molecule has 1 aromatic rings. The summed E-state index contributed by atoms with van der Waals surface area (Å²) in [5, 5.41) is 29.6. The third kappa shape index (κ3) is 2.37. The molecule has 0 aliphatic carbocycles. The lowest BCUT2D eigenvalue weighted by Crippen LogP contribution is -1.88. The number of phenols is 2. The lowest BCUT2D eigenvalue weighted by molar-refractivity contribution is 0.320. The first-order chi connectivity index (χ1) is 6.25. The number of hydrogen-bond donors (Lipinski definition) is 3. The number of oxime groups is 1. The number of rotatable bonds is 3. The number of hydrogen-bond acceptors (Lipinski definition) is 4. The maximum Gasteiger partial charge on any atom is 0.122 e. The summed E-state index contributed by atoms with van der Waals surface area (Å²) in [6, 6.07) is 4.57. The highest BCUT2D eigenvalue weighted by Crippen LogP contribution is 2.26. The van der Waals surface area contributed by atoms with Gasteiger partial charge in [-0.2, -0.15) is 0 Å². The molecule has 70 valence electrons. The van der Waals surface area contributed by atoms with E-state index in [4.69, 9.17) is 5.21 Å². The van der Waals surface area contributed by atoms with Crippen molar-refractivity contribution in [3.63, 3.8) is 0 Å². The average molecular weight is 181 g/mol. The van der Waals surface area contributed by atoms with Crippen LogP contribution in [0.25, 0.3) is 0 Å². The van der Waals surface area contributed by atoms with E-state index in [-0.39, 0.29) is 11.5 Å². The number of aromatic hydroxyl groups is 2. The van der Waals surface area contributed by atoms with Gasteiger partial charge in [-0.05, 0) is 25.0 Å². The molecule has 0 fully saturated rings. The third-order valence-electron chi connectivity index (χ3n) is 1.73. The van der Waals surface area contributed by atoms with Crippen molar-refractivity contribution in [3.8, 4) is 11.5 Å². The minimum absolute atomic E-state index is 0.0614. The third-order valence-corrected chi connectivity index (χ3v) is 1.73. The highest BCUT2D eigenvalue weighted by molar-refractivity contribution is 5.57. The molecule has 0 aliphatic heterocycles. The molecule has 0 radical (unpaired) electrons. The van der Waals surface area contributed by atoms with Gasteiger partial charge in [0.1, 0.15) is 11.5 Å². The Bertz CT molecular complexity index is 289. The van der Waals surface area contributed by atoms with Gasteiger partial charge in [-0.25, -0.2) is 0 Å². The molecule has 0 aromatic heterocycles. The molecule has 0 saturated carbocycles. The van der Waals surface area contributed by atoms with E-state index in [0.29, 0.717) is 18.4 Å². The zero-order valence-electron chi connectivity index (χ0n) is 7.01. The summed E-state index contributed by atoms with van der Waals surface area (Å²) in [5.74, 6) is 0.123. The van der Waals surface area contributed by atoms with Gasteiger partial charge in [0, 0.05) is 11.8 Å². The molecule has 0 amide bonds. The Morgan fingerprint density at radius 1 is 1.23 bits per heavy atom. The summed E-state index contributed by atoms with van der Waals surface area (Å²) in [4.78, 5) is 0. The first kappa shape index (κ1) is 9.38. The Labute approximate surface area is 75.8 Å². The van der Waals surface area contributed by atoms with E-state index in [2.05, 4.69) is 5.16 Å². The Morgan fingerprint density at radius 3 is 2.38 bits per heavy atom. The quantitative estimate of drug-likeness (QED) is 0.376. The van der Waals surface area contributed by atoms with Gasteiger partial charge in [-0.1, -0.05) is 6.07 Å². The van der Waals surface area contributed by atoms with Crippen LogP contribution in [0.1, 0.15) is 12.0 Å². The molecular formula is C9H11NO3. The summed E-state index contributed by atoms with van der Waals surface area (Å²) >= 11 is 0. The van der Waals surface area contributed by atoms with Gasteiger partial charge in [0.15, 0.2) is 0 Å². The lowest BCUT2D eigenvalue weighted by atomic mass is 10.1. The highest BCUT2D eigenvalue weighted by Gasteiger charge is 2.04. The van der Waals surface area contributed by atoms with Crippen LogP contribution < -0.4 is 0 Å². The van der Waals surface area contributed by atoms with Crippen molar-refractivity contribution in [1.82, 2.24) is 0 Å². The van der Waals surface area contributed by atoms with Crippen LogP contribution in [0.15, 0.2) is 23.4 Å². The van der Waals surface area contributed by atoms with Crippen molar-refractivity contribution in [1.29, 1.82) is 0 Å². The van der Waals surface area contributed by atoms with Crippen LogP contribution in [0.4, 0.5) is 0 Å². The Hall–Kier alpha value is -1.71. The monoisotopic (exact) mass is 181 g/mol. The topological polar surface area (TPSA) is 73.1 Å². The minimum Gasteiger partial charge on any atom is -0.508 e. The van der Waals surface area contributed by atoms with Crippen molar-refractivity contribution in [3.05, 3.63) is 23.8 Å². The van der Waals surface area contributed by atoms with Gasteiger partial charge >= 0.3 is 0 Å². The van der Waals surface area contributed by atoms with Crippen LogP contribution in [0.5, 0.6) is 11.5 Å². The van der Waals surface area contributed by atoms with Crippen LogP contribution in [0, 0.1) is 0 Å². The largest absolute Gasteiger partial charge is 0.508 e. The minimum atomic E-state index is 0.0614. The molecule has 0 saturated heterocycles. The summed E-state index contributed by atoms with van der Waals surface area (Å²) in [6.07, 6.45) is 2.23. The number of nitrogens with zero attached hydrogens (tertiary/aromatic N) is 1. The molecule has 4 nitrogen and oxygen atoms in total. The number of phenolic OH excluding ortho intramolecular Hbond substituents is 2. The van der Waals surface area contributed by atoms with Gasteiger partial charge in [0.05, 0.1) is 0 Å². The zero-order valence-corrected chi connectivity index (χ0v) is 7.01. The fourth-order valence-electron chi connectivity index (χ4n) is 1.09. The maximum atomic E-state index is 9.32. The van der Waals surface area contributed by atoms with E-state index in [1.165, 1.54) is 18.3 Å². The molecule has 0 atom stereocenters. The molecule has 0 unspecified atom stereocenters. The van der Waals surface area contributed by atoms with Crippen LogP contribution in [0.2, 0.25) is 0 Å². The van der Waals surface area contributed by atoms with Crippen LogP contribution in [-0.4, -0.2) is 21.6 Å². The fraction of sp³-hybridized carbons (Fsp3) is 0.222. The Balaban J connectivity index is 2.75. The predicted molar refractivity (Wildman–Crippen MR) is 48.4 cm³/mol. The van der Waals surface area contributed by atoms with E-state index in [9.17, 15) is 10.2 Å². The maximum absolute atomic E-state index is 9.32. The number of benzene rings is 1. The van der Waals surface area contributed by atoms with Crippen LogP contribution >= 0.6 is 0 Å². The molecule has 3 N–H and O–H groups in total. The normalized spacial score (nSPS) is 10.8. The van der Waals surface area contributed by atoms with Gasteiger partial charge in [0.25, 0.3) is 0 Å². The highest BCUT2D eigenvalue weighted by atomic mass is 16.4. The van der Waals surface area contributed by atoms with Crippen molar-refractivity contribution in [2.45, 2.75) is 12.8 Å². The molecule has 13 heavy (non-hydrogen) atoms.